The minimum Gasteiger partial charge on any atom is -0.261 e. The Morgan fingerprint density at radius 3 is 1.19 bits per heavy atom. The number of hydrogen-bond donors (Lipinski definition) is 0. The quantitative estimate of drug-likeness (QED) is 0.362. The summed E-state index contributed by atoms with van der Waals surface area (Å²) < 4.78 is 0. The van der Waals surface area contributed by atoms with Gasteiger partial charge in [-0.1, -0.05) is 119 Å². The van der Waals surface area contributed by atoms with Crippen LogP contribution in [0.1, 0.15) is 135 Å². The number of benzene rings is 1. The van der Waals surface area contributed by atoms with Gasteiger partial charge in [-0.15, -0.1) is 0 Å². The summed E-state index contributed by atoms with van der Waals surface area (Å²) in [4.78, 5) is 12.6. The second-order valence-electron chi connectivity index (χ2n) is 8.75. The average molecular weight is 496 g/mol. The molecule has 0 aliphatic carbocycles. The first kappa shape index (κ1) is 38.0. The fourth-order valence-corrected chi connectivity index (χ4v) is 2.47. The van der Waals surface area contributed by atoms with E-state index in [0.29, 0.717) is 17.8 Å². The Labute approximate surface area is 225 Å². The van der Waals surface area contributed by atoms with E-state index in [4.69, 9.17) is 0 Å². The van der Waals surface area contributed by atoms with Crippen LogP contribution >= 0.6 is 0 Å². The van der Waals surface area contributed by atoms with Gasteiger partial charge in [0.25, 0.3) is 0 Å². The fourth-order valence-electron chi connectivity index (χ4n) is 2.47. The van der Waals surface area contributed by atoms with Crippen molar-refractivity contribution in [2.75, 3.05) is 0 Å². The summed E-state index contributed by atoms with van der Waals surface area (Å²) in [6.07, 6.45) is 5.61. The van der Waals surface area contributed by atoms with E-state index in [-0.39, 0.29) is 0 Å². The summed E-state index contributed by atoms with van der Waals surface area (Å²) in [6, 6.07) is 12.9. The molecule has 36 heavy (non-hydrogen) atoms. The molecule has 0 radical (unpaired) electrons. The SMILES string of the molecule is CC.CC.CC.Cc1ccc(C(C)C)cc1.Cc1ccc(C(C)C)nc1.Cc1cnc(C(C)C)nc1. The lowest BCUT2D eigenvalue weighted by Gasteiger charge is -2.03. The molecule has 2 aromatic heterocycles. The highest BCUT2D eigenvalue weighted by atomic mass is 14.9. The van der Waals surface area contributed by atoms with Gasteiger partial charge in [0.1, 0.15) is 5.82 Å². The van der Waals surface area contributed by atoms with Crippen LogP contribution in [-0.2, 0) is 0 Å². The van der Waals surface area contributed by atoms with Crippen molar-refractivity contribution in [3.05, 3.63) is 88.8 Å². The van der Waals surface area contributed by atoms with Gasteiger partial charge in [-0.25, -0.2) is 9.97 Å². The van der Waals surface area contributed by atoms with Crippen molar-refractivity contribution in [3.63, 3.8) is 0 Å². The molecule has 3 heteroatoms. The number of rotatable bonds is 3. The lowest BCUT2D eigenvalue weighted by molar-refractivity contribution is 0.771. The molecular formula is C33H57N3. The number of hydrogen-bond acceptors (Lipinski definition) is 3. The maximum Gasteiger partial charge on any atom is 0.130 e. The molecule has 0 spiro atoms. The lowest BCUT2D eigenvalue weighted by atomic mass is 10.0. The molecule has 0 N–H and O–H groups in total. The first-order valence-corrected chi connectivity index (χ1v) is 13.9. The summed E-state index contributed by atoms with van der Waals surface area (Å²) in [7, 11) is 0. The monoisotopic (exact) mass is 495 g/mol. The molecule has 3 rings (SSSR count). The molecule has 3 aromatic rings. The van der Waals surface area contributed by atoms with Crippen molar-refractivity contribution in [1.82, 2.24) is 15.0 Å². The second kappa shape index (κ2) is 24.2. The molecule has 0 fully saturated rings. The normalized spacial score (nSPS) is 9.17. The van der Waals surface area contributed by atoms with Crippen LogP contribution in [0.2, 0.25) is 0 Å². The molecule has 0 saturated heterocycles. The highest BCUT2D eigenvalue weighted by molar-refractivity contribution is 5.23. The number of nitrogens with zero attached hydrogens (tertiary/aromatic N) is 3. The van der Waals surface area contributed by atoms with Gasteiger partial charge in [-0.2, -0.15) is 0 Å². The second-order valence-corrected chi connectivity index (χ2v) is 8.75. The maximum atomic E-state index is 4.28. The van der Waals surface area contributed by atoms with Crippen LogP contribution in [-0.4, -0.2) is 15.0 Å². The van der Waals surface area contributed by atoms with Gasteiger partial charge in [0.2, 0.25) is 0 Å². The van der Waals surface area contributed by atoms with Crippen molar-refractivity contribution in [2.24, 2.45) is 0 Å². The first-order chi connectivity index (χ1) is 17.1. The van der Waals surface area contributed by atoms with Crippen molar-refractivity contribution < 1.29 is 0 Å². The third-order valence-electron chi connectivity index (χ3n) is 4.59. The molecule has 0 unspecified atom stereocenters. The van der Waals surface area contributed by atoms with Gasteiger partial charge >= 0.3 is 0 Å². The Morgan fingerprint density at radius 1 is 0.444 bits per heavy atom. The summed E-state index contributed by atoms with van der Waals surface area (Å²) >= 11 is 0. The van der Waals surface area contributed by atoms with Crippen LogP contribution < -0.4 is 0 Å². The predicted molar refractivity (Wildman–Crippen MR) is 163 cm³/mol. The molecule has 0 bridgehead atoms. The van der Waals surface area contributed by atoms with Gasteiger partial charge in [0, 0.05) is 30.2 Å². The zero-order chi connectivity index (χ0) is 28.7. The summed E-state index contributed by atoms with van der Waals surface area (Å²) in [5, 5.41) is 0. The van der Waals surface area contributed by atoms with Crippen LogP contribution in [0.3, 0.4) is 0 Å². The van der Waals surface area contributed by atoms with Crippen molar-refractivity contribution in [1.29, 1.82) is 0 Å². The third kappa shape index (κ3) is 18.7. The smallest absolute Gasteiger partial charge is 0.130 e. The predicted octanol–water partition coefficient (Wildman–Crippen LogP) is 10.6. The van der Waals surface area contributed by atoms with Gasteiger partial charge in [-0.3, -0.25) is 4.98 Å². The Balaban J connectivity index is -0.000000410. The van der Waals surface area contributed by atoms with Crippen LogP contribution in [0.4, 0.5) is 0 Å². The minimum absolute atomic E-state index is 0.431. The topological polar surface area (TPSA) is 38.7 Å². The van der Waals surface area contributed by atoms with Crippen LogP contribution in [0, 0.1) is 20.8 Å². The van der Waals surface area contributed by atoms with E-state index in [0.717, 1.165) is 11.4 Å². The molecule has 0 amide bonds. The summed E-state index contributed by atoms with van der Waals surface area (Å²) in [5.41, 5.74) is 6.27. The fraction of sp³-hybridized carbons (Fsp3) is 0.545. The molecule has 2 heterocycles. The van der Waals surface area contributed by atoms with E-state index >= 15 is 0 Å². The van der Waals surface area contributed by atoms with Crippen molar-refractivity contribution in [3.8, 4) is 0 Å². The van der Waals surface area contributed by atoms with E-state index in [1.807, 2.05) is 67.1 Å². The molecule has 3 nitrogen and oxygen atoms in total. The molecule has 0 aliphatic rings. The van der Waals surface area contributed by atoms with E-state index in [1.165, 1.54) is 22.4 Å². The van der Waals surface area contributed by atoms with E-state index in [1.54, 1.807) is 0 Å². The molecule has 0 atom stereocenters. The summed E-state index contributed by atoms with van der Waals surface area (Å²) in [5.74, 6) is 2.55. The van der Waals surface area contributed by atoms with E-state index < -0.39 is 0 Å². The third-order valence-corrected chi connectivity index (χ3v) is 4.59. The average Bonchev–Trinajstić information content (AvgIpc) is 2.89. The minimum atomic E-state index is 0.431. The van der Waals surface area contributed by atoms with Crippen LogP contribution in [0.25, 0.3) is 0 Å². The van der Waals surface area contributed by atoms with E-state index in [9.17, 15) is 0 Å². The number of aryl methyl sites for hydroxylation is 3. The Kier molecular flexibility index (Phi) is 25.5. The standard InChI is InChI=1S/C10H14.C9H13N.C8H12N2.3C2H6/c1-8(2)10-6-4-9(3)5-7-10;1-7(2)9-5-4-8(3)6-10-9;1-6(2)8-9-4-7(3)5-10-8;3*1-2/h4-8H,1-3H3;4-7H,1-3H3;4-6H,1-3H3;3*1-2H3. The molecule has 0 aliphatic heterocycles. The van der Waals surface area contributed by atoms with Crippen LogP contribution in [0.5, 0.6) is 0 Å². The summed E-state index contributed by atoms with van der Waals surface area (Å²) in [6.45, 7) is 31.1. The zero-order valence-electron chi connectivity index (χ0n) is 26.3. The molecule has 204 valence electrons. The Bertz CT molecular complexity index is 714. The van der Waals surface area contributed by atoms with Crippen molar-refractivity contribution >= 4 is 0 Å². The van der Waals surface area contributed by atoms with Crippen molar-refractivity contribution in [2.45, 2.75) is 122 Å². The highest BCUT2D eigenvalue weighted by Gasteiger charge is 1.99. The van der Waals surface area contributed by atoms with Gasteiger partial charge in [-0.05, 0) is 55.4 Å². The largest absolute Gasteiger partial charge is 0.261 e. The highest BCUT2D eigenvalue weighted by Crippen LogP contribution is 2.14. The molecular weight excluding hydrogens is 438 g/mol. The maximum absolute atomic E-state index is 4.28. The molecule has 1 aromatic carbocycles. The number of aromatic nitrogens is 3. The first-order valence-electron chi connectivity index (χ1n) is 13.9. The van der Waals surface area contributed by atoms with Gasteiger partial charge in [0.05, 0.1) is 0 Å². The lowest BCUT2D eigenvalue weighted by Crippen LogP contribution is -1.95. The molecule has 0 saturated carbocycles. The number of pyridine rings is 1. The zero-order valence-corrected chi connectivity index (χ0v) is 26.3. The Hall–Kier alpha value is -2.55. The Morgan fingerprint density at radius 2 is 0.861 bits per heavy atom. The van der Waals surface area contributed by atoms with Gasteiger partial charge in [0.15, 0.2) is 0 Å². The van der Waals surface area contributed by atoms with Gasteiger partial charge < -0.3 is 0 Å². The van der Waals surface area contributed by atoms with E-state index in [2.05, 4.69) is 107 Å². The van der Waals surface area contributed by atoms with Crippen LogP contribution in [0.15, 0.2) is 55.0 Å².